The van der Waals surface area contributed by atoms with Gasteiger partial charge in [0.2, 0.25) is 5.28 Å². The summed E-state index contributed by atoms with van der Waals surface area (Å²) in [5, 5.41) is 8.56. The Bertz CT molecular complexity index is 307. The second kappa shape index (κ2) is 6.89. The van der Waals surface area contributed by atoms with E-state index in [1.807, 2.05) is 4.57 Å². The first kappa shape index (κ1) is 13.5. The lowest BCUT2D eigenvalue weighted by molar-refractivity contribution is 0.502. The van der Waals surface area contributed by atoms with Gasteiger partial charge in [-0.05, 0) is 30.4 Å². The summed E-state index contributed by atoms with van der Waals surface area (Å²) in [5.74, 6) is 1.81. The van der Waals surface area contributed by atoms with E-state index in [0.29, 0.717) is 5.28 Å². The highest BCUT2D eigenvalue weighted by molar-refractivity contribution is 6.28. The molecule has 0 saturated carbocycles. The molecule has 3 nitrogen and oxygen atoms in total. The van der Waals surface area contributed by atoms with Gasteiger partial charge in [0.25, 0.3) is 0 Å². The van der Waals surface area contributed by atoms with Crippen LogP contribution in [-0.4, -0.2) is 14.8 Å². The summed E-state index contributed by atoms with van der Waals surface area (Å²) >= 11 is 6.01. The molecule has 0 atom stereocenters. The number of aromatic nitrogens is 3. The fourth-order valence-corrected chi connectivity index (χ4v) is 1.99. The van der Waals surface area contributed by atoms with Crippen molar-refractivity contribution in [3.8, 4) is 0 Å². The minimum Gasteiger partial charge on any atom is -0.302 e. The van der Waals surface area contributed by atoms with Gasteiger partial charge in [-0.25, -0.2) is 0 Å². The monoisotopic (exact) mass is 243 g/mol. The second-order valence-corrected chi connectivity index (χ2v) is 5.01. The van der Waals surface area contributed by atoms with E-state index < -0.39 is 0 Å². The van der Waals surface area contributed by atoms with Gasteiger partial charge < -0.3 is 4.57 Å². The van der Waals surface area contributed by atoms with E-state index in [1.54, 1.807) is 0 Å². The van der Waals surface area contributed by atoms with Crippen LogP contribution in [0.2, 0.25) is 5.28 Å². The third-order valence-corrected chi connectivity index (χ3v) is 2.95. The van der Waals surface area contributed by atoms with Gasteiger partial charge >= 0.3 is 0 Å². The third-order valence-electron chi connectivity index (χ3n) is 2.67. The zero-order chi connectivity index (χ0) is 12.0. The van der Waals surface area contributed by atoms with Crippen LogP contribution in [0.1, 0.15) is 52.3 Å². The van der Waals surface area contributed by atoms with E-state index in [-0.39, 0.29) is 0 Å². The van der Waals surface area contributed by atoms with Crippen molar-refractivity contribution >= 4 is 11.6 Å². The molecule has 0 bridgehead atoms. The molecule has 1 heterocycles. The number of hydrogen-bond acceptors (Lipinski definition) is 2. The SMILES string of the molecule is CCCc1nnc(Cl)n1CCCCC(C)C. The lowest BCUT2D eigenvalue weighted by atomic mass is 10.1. The Morgan fingerprint density at radius 3 is 2.62 bits per heavy atom. The summed E-state index contributed by atoms with van der Waals surface area (Å²) in [7, 11) is 0. The van der Waals surface area contributed by atoms with Crippen LogP contribution in [0.25, 0.3) is 0 Å². The molecule has 4 heteroatoms. The van der Waals surface area contributed by atoms with E-state index >= 15 is 0 Å². The topological polar surface area (TPSA) is 30.7 Å². The van der Waals surface area contributed by atoms with Gasteiger partial charge in [-0.15, -0.1) is 10.2 Å². The Morgan fingerprint density at radius 1 is 1.25 bits per heavy atom. The van der Waals surface area contributed by atoms with Gasteiger partial charge in [-0.2, -0.15) is 0 Å². The van der Waals surface area contributed by atoms with Crippen LogP contribution in [0.4, 0.5) is 0 Å². The van der Waals surface area contributed by atoms with E-state index in [0.717, 1.165) is 37.5 Å². The lowest BCUT2D eigenvalue weighted by Gasteiger charge is -2.08. The predicted octanol–water partition coefficient (Wildman–Crippen LogP) is 3.71. The average molecular weight is 244 g/mol. The molecule has 0 amide bonds. The number of hydrogen-bond donors (Lipinski definition) is 0. The first-order valence-electron chi connectivity index (χ1n) is 6.22. The lowest BCUT2D eigenvalue weighted by Crippen LogP contribution is -2.04. The van der Waals surface area contributed by atoms with Crippen LogP contribution < -0.4 is 0 Å². The van der Waals surface area contributed by atoms with Gasteiger partial charge in [0, 0.05) is 13.0 Å². The van der Waals surface area contributed by atoms with Crippen molar-refractivity contribution < 1.29 is 0 Å². The molecule has 0 radical (unpaired) electrons. The first-order valence-corrected chi connectivity index (χ1v) is 6.60. The molecular weight excluding hydrogens is 222 g/mol. The fourth-order valence-electron chi connectivity index (χ4n) is 1.77. The van der Waals surface area contributed by atoms with Crippen LogP contribution in [0.15, 0.2) is 0 Å². The van der Waals surface area contributed by atoms with Crippen molar-refractivity contribution in [1.82, 2.24) is 14.8 Å². The maximum atomic E-state index is 6.01. The summed E-state index contributed by atoms with van der Waals surface area (Å²) in [6, 6.07) is 0. The molecule has 1 aromatic heterocycles. The quantitative estimate of drug-likeness (QED) is 0.684. The molecule has 0 aliphatic heterocycles. The Labute approximate surface area is 103 Å². The molecule has 0 spiro atoms. The molecule has 0 aliphatic carbocycles. The molecule has 1 aromatic rings. The van der Waals surface area contributed by atoms with Gasteiger partial charge in [0.15, 0.2) is 0 Å². The van der Waals surface area contributed by atoms with E-state index in [4.69, 9.17) is 11.6 Å². The summed E-state index contributed by atoms with van der Waals surface area (Å²) in [6.45, 7) is 7.61. The minimum atomic E-state index is 0.535. The van der Waals surface area contributed by atoms with Crippen molar-refractivity contribution in [1.29, 1.82) is 0 Å². The van der Waals surface area contributed by atoms with Crippen molar-refractivity contribution in [3.05, 3.63) is 11.1 Å². The molecule has 0 unspecified atom stereocenters. The van der Waals surface area contributed by atoms with E-state index in [1.165, 1.54) is 12.8 Å². The molecular formula is C12H22ClN3. The number of aryl methyl sites for hydroxylation is 1. The average Bonchev–Trinajstić information content (AvgIpc) is 2.56. The Hall–Kier alpha value is -0.570. The standard InChI is InChI=1S/C12H22ClN3/c1-4-7-11-14-15-12(13)16(11)9-6-5-8-10(2)3/h10H,4-9H2,1-3H3. The van der Waals surface area contributed by atoms with Gasteiger partial charge in [-0.1, -0.05) is 33.6 Å². The van der Waals surface area contributed by atoms with Gasteiger partial charge in [0.1, 0.15) is 5.82 Å². The number of rotatable bonds is 7. The molecule has 0 N–H and O–H groups in total. The molecule has 16 heavy (non-hydrogen) atoms. The molecule has 0 fully saturated rings. The van der Waals surface area contributed by atoms with Crippen molar-refractivity contribution in [2.45, 2.75) is 59.4 Å². The van der Waals surface area contributed by atoms with Crippen LogP contribution in [0.3, 0.4) is 0 Å². The highest BCUT2D eigenvalue weighted by atomic mass is 35.5. The highest BCUT2D eigenvalue weighted by Crippen LogP contribution is 2.13. The number of halogens is 1. The van der Waals surface area contributed by atoms with Crippen molar-refractivity contribution in [3.63, 3.8) is 0 Å². The van der Waals surface area contributed by atoms with Gasteiger partial charge in [0.05, 0.1) is 0 Å². The zero-order valence-corrected chi connectivity index (χ0v) is 11.3. The van der Waals surface area contributed by atoms with Crippen molar-refractivity contribution in [2.24, 2.45) is 5.92 Å². The normalized spacial score (nSPS) is 11.3. The smallest absolute Gasteiger partial charge is 0.225 e. The van der Waals surface area contributed by atoms with Crippen LogP contribution in [0, 0.1) is 5.92 Å². The highest BCUT2D eigenvalue weighted by Gasteiger charge is 2.08. The second-order valence-electron chi connectivity index (χ2n) is 4.68. The summed E-state index contributed by atoms with van der Waals surface area (Å²) in [6.07, 6.45) is 5.73. The fraction of sp³-hybridized carbons (Fsp3) is 0.833. The number of nitrogens with zero attached hydrogens (tertiary/aromatic N) is 3. The zero-order valence-electron chi connectivity index (χ0n) is 10.5. The first-order chi connectivity index (χ1) is 7.65. The van der Waals surface area contributed by atoms with E-state index in [9.17, 15) is 0 Å². The Kier molecular flexibility index (Phi) is 5.81. The van der Waals surface area contributed by atoms with Crippen LogP contribution in [-0.2, 0) is 13.0 Å². The van der Waals surface area contributed by atoms with Gasteiger partial charge in [-0.3, -0.25) is 0 Å². The van der Waals surface area contributed by atoms with Crippen LogP contribution >= 0.6 is 11.6 Å². The molecule has 92 valence electrons. The largest absolute Gasteiger partial charge is 0.302 e. The Morgan fingerprint density at radius 2 is 2.00 bits per heavy atom. The maximum Gasteiger partial charge on any atom is 0.225 e. The Balaban J connectivity index is 2.42. The van der Waals surface area contributed by atoms with Crippen molar-refractivity contribution in [2.75, 3.05) is 0 Å². The third kappa shape index (κ3) is 4.12. The minimum absolute atomic E-state index is 0.535. The predicted molar refractivity (Wildman–Crippen MR) is 67.7 cm³/mol. The summed E-state index contributed by atoms with van der Waals surface area (Å²) in [5.41, 5.74) is 0. The summed E-state index contributed by atoms with van der Waals surface area (Å²) in [4.78, 5) is 0. The number of unbranched alkanes of at least 4 members (excludes halogenated alkanes) is 1. The van der Waals surface area contributed by atoms with E-state index in [2.05, 4.69) is 31.0 Å². The molecule has 0 saturated heterocycles. The van der Waals surface area contributed by atoms with Crippen LogP contribution in [0.5, 0.6) is 0 Å². The molecule has 0 aliphatic rings. The maximum absolute atomic E-state index is 6.01. The molecule has 1 rings (SSSR count). The molecule has 0 aromatic carbocycles. The summed E-state index contributed by atoms with van der Waals surface area (Å²) < 4.78 is 2.05.